The van der Waals surface area contributed by atoms with Crippen molar-refractivity contribution >= 4 is 11.6 Å². The number of rotatable bonds is 5. The van der Waals surface area contributed by atoms with Gasteiger partial charge in [-0.25, -0.2) is 0 Å². The Morgan fingerprint density at radius 1 is 1.24 bits per heavy atom. The molecule has 0 N–H and O–H groups in total. The van der Waals surface area contributed by atoms with Crippen LogP contribution in [0.3, 0.4) is 0 Å². The van der Waals surface area contributed by atoms with Crippen molar-refractivity contribution in [1.82, 2.24) is 4.57 Å². The minimum atomic E-state index is -0.235. The average molecular weight is 382 g/mol. The van der Waals surface area contributed by atoms with Crippen molar-refractivity contribution < 1.29 is 42.2 Å². The molecule has 2 aromatic rings. The first-order chi connectivity index (χ1) is 9.63. The Balaban J connectivity index is 0.00000220. The van der Waals surface area contributed by atoms with Crippen molar-refractivity contribution in [3.05, 3.63) is 51.8 Å². The van der Waals surface area contributed by atoms with Crippen molar-refractivity contribution in [2.75, 3.05) is 20.3 Å². The zero-order valence-corrected chi connectivity index (χ0v) is 15.5. The number of hydrogen-bond donors (Lipinski definition) is 0. The van der Waals surface area contributed by atoms with E-state index in [9.17, 15) is 4.79 Å². The molecule has 0 spiro atoms. The van der Waals surface area contributed by atoms with Crippen LogP contribution in [-0.4, -0.2) is 24.9 Å². The molecule has 2 rings (SSSR count). The molecule has 4 nitrogen and oxygen atoms in total. The monoisotopic (exact) mass is 381 g/mol. The first-order valence-electron chi connectivity index (χ1n) is 6.13. The predicted molar refractivity (Wildman–Crippen MR) is 78.3 cm³/mol. The van der Waals surface area contributed by atoms with E-state index in [0.29, 0.717) is 18.9 Å². The number of methoxy groups -OCH3 is 1. The van der Waals surface area contributed by atoms with E-state index in [1.165, 1.54) is 10.6 Å². The summed E-state index contributed by atoms with van der Waals surface area (Å²) in [5.74, 6) is 0.754. The average Bonchev–Trinajstić information content (AvgIpc) is 2.46. The van der Waals surface area contributed by atoms with E-state index < -0.39 is 0 Å². The van der Waals surface area contributed by atoms with Crippen LogP contribution in [0.5, 0.6) is 5.75 Å². The van der Waals surface area contributed by atoms with Crippen LogP contribution in [0.25, 0.3) is 11.3 Å². The standard InChI is InChI=1S/C15H15ClNO3.Y/c1-17-14(8-7-13(16)15(17)18)11-3-5-12(6-4-11)20-10-9-19-2;/h3-7H,9-10H2,1-2H3;/q-1;. The number of aromatic nitrogens is 1. The molecule has 6 heteroatoms. The molecule has 1 heterocycles. The maximum absolute atomic E-state index is 11.8. The van der Waals surface area contributed by atoms with Gasteiger partial charge in [-0.2, -0.15) is 23.7 Å². The fraction of sp³-hybridized carbons (Fsp3) is 0.267. The van der Waals surface area contributed by atoms with Gasteiger partial charge in [0.2, 0.25) is 5.56 Å². The van der Waals surface area contributed by atoms with E-state index in [4.69, 9.17) is 21.1 Å². The maximum Gasteiger partial charge on any atom is 0.212 e. The largest absolute Gasteiger partial charge is 0.491 e. The second-order valence-electron chi connectivity index (χ2n) is 4.22. The van der Waals surface area contributed by atoms with Crippen molar-refractivity contribution in [1.29, 1.82) is 0 Å². The van der Waals surface area contributed by atoms with Crippen molar-refractivity contribution in [2.24, 2.45) is 7.05 Å². The molecule has 0 saturated heterocycles. The van der Waals surface area contributed by atoms with Gasteiger partial charge in [0.1, 0.15) is 12.4 Å². The third-order valence-electron chi connectivity index (χ3n) is 2.86. The van der Waals surface area contributed by atoms with Crippen LogP contribution >= 0.6 is 11.6 Å². The summed E-state index contributed by atoms with van der Waals surface area (Å²) >= 11 is 5.77. The SMILES string of the molecule is COCCOc1ccc(-c2[c-]cc(Cl)c(=O)n2C)cc1.[Y]. The summed E-state index contributed by atoms with van der Waals surface area (Å²) in [7, 11) is 3.30. The summed E-state index contributed by atoms with van der Waals surface area (Å²) in [5, 5.41) is 0.163. The Hall–Kier alpha value is -0.676. The third kappa shape index (κ3) is 4.65. The molecule has 1 aromatic carbocycles. The summed E-state index contributed by atoms with van der Waals surface area (Å²) in [5.41, 5.74) is 1.32. The second-order valence-corrected chi connectivity index (χ2v) is 4.62. The Morgan fingerprint density at radius 3 is 2.52 bits per heavy atom. The quantitative estimate of drug-likeness (QED) is 0.590. The predicted octanol–water partition coefficient (Wildman–Crippen LogP) is 2.53. The minimum absolute atomic E-state index is 0. The van der Waals surface area contributed by atoms with E-state index in [1.807, 2.05) is 24.3 Å². The minimum Gasteiger partial charge on any atom is -0.491 e. The summed E-state index contributed by atoms with van der Waals surface area (Å²) in [4.78, 5) is 11.8. The van der Waals surface area contributed by atoms with E-state index in [-0.39, 0.29) is 43.3 Å². The zero-order chi connectivity index (χ0) is 14.5. The van der Waals surface area contributed by atoms with Gasteiger partial charge in [0.05, 0.1) is 6.61 Å². The van der Waals surface area contributed by atoms with Crippen molar-refractivity contribution in [2.45, 2.75) is 0 Å². The molecule has 0 amide bonds. The number of halogens is 1. The van der Waals surface area contributed by atoms with Crippen molar-refractivity contribution in [3.63, 3.8) is 0 Å². The van der Waals surface area contributed by atoms with E-state index in [2.05, 4.69) is 6.07 Å². The van der Waals surface area contributed by atoms with Crippen LogP contribution in [0.2, 0.25) is 5.02 Å². The van der Waals surface area contributed by atoms with Gasteiger partial charge in [0.25, 0.3) is 0 Å². The van der Waals surface area contributed by atoms with Crippen molar-refractivity contribution in [3.8, 4) is 17.0 Å². The molecule has 0 saturated carbocycles. The summed E-state index contributed by atoms with van der Waals surface area (Å²) in [6, 6.07) is 11.9. The van der Waals surface area contributed by atoms with Crippen LogP contribution in [0, 0.1) is 6.07 Å². The van der Waals surface area contributed by atoms with Gasteiger partial charge in [-0.05, 0) is 12.1 Å². The summed E-state index contributed by atoms with van der Waals surface area (Å²) < 4.78 is 11.9. The molecule has 0 bridgehead atoms. The van der Waals surface area contributed by atoms with Crippen LogP contribution < -0.4 is 10.3 Å². The molecule has 0 atom stereocenters. The molecule has 0 aliphatic carbocycles. The number of pyridine rings is 1. The zero-order valence-electron chi connectivity index (χ0n) is 11.9. The fourth-order valence-electron chi connectivity index (χ4n) is 1.78. The molecule has 21 heavy (non-hydrogen) atoms. The number of nitrogens with zero attached hydrogens (tertiary/aromatic N) is 1. The Bertz CT molecular complexity index is 640. The van der Waals surface area contributed by atoms with Gasteiger partial charge in [-0.1, -0.05) is 11.3 Å². The number of ether oxygens (including phenoxy) is 2. The summed E-state index contributed by atoms with van der Waals surface area (Å²) in [6.45, 7) is 1.04. The van der Waals surface area contributed by atoms with Crippen LogP contribution in [0.1, 0.15) is 0 Å². The van der Waals surface area contributed by atoms with E-state index in [0.717, 1.165) is 11.3 Å². The topological polar surface area (TPSA) is 40.5 Å². The Labute approximate surface area is 153 Å². The van der Waals surface area contributed by atoms with E-state index in [1.54, 1.807) is 14.2 Å². The Kier molecular flexibility index (Phi) is 7.60. The van der Waals surface area contributed by atoms with Crippen LogP contribution in [-0.2, 0) is 44.5 Å². The smallest absolute Gasteiger partial charge is 0.212 e. The van der Waals surface area contributed by atoms with Gasteiger partial charge in [0, 0.05) is 51.9 Å². The van der Waals surface area contributed by atoms with Gasteiger partial charge in [-0.15, -0.1) is 12.1 Å². The summed E-state index contributed by atoms with van der Waals surface area (Å²) in [6.07, 6.45) is 0. The van der Waals surface area contributed by atoms with Crippen LogP contribution in [0.4, 0.5) is 0 Å². The van der Waals surface area contributed by atoms with Gasteiger partial charge in [-0.3, -0.25) is 4.79 Å². The molecule has 0 fully saturated rings. The molecule has 1 aromatic heterocycles. The first-order valence-corrected chi connectivity index (χ1v) is 6.50. The molecular formula is C15H15ClNO3Y-. The first kappa shape index (κ1) is 18.4. The molecule has 109 valence electrons. The molecule has 0 aliphatic rings. The maximum atomic E-state index is 11.8. The normalized spacial score (nSPS) is 10.0. The number of benzene rings is 1. The molecule has 0 aliphatic heterocycles. The van der Waals surface area contributed by atoms with Crippen LogP contribution in [0.15, 0.2) is 35.1 Å². The molecule has 0 unspecified atom stereocenters. The van der Waals surface area contributed by atoms with Gasteiger partial charge < -0.3 is 14.0 Å². The Morgan fingerprint density at radius 2 is 1.90 bits per heavy atom. The number of hydrogen-bond acceptors (Lipinski definition) is 3. The van der Waals surface area contributed by atoms with Gasteiger partial charge >= 0.3 is 0 Å². The molecule has 1 radical (unpaired) electrons. The fourth-order valence-corrected chi connectivity index (χ4v) is 1.96. The van der Waals surface area contributed by atoms with Gasteiger partial charge in [0.15, 0.2) is 0 Å². The second kappa shape index (κ2) is 8.69. The third-order valence-corrected chi connectivity index (χ3v) is 3.13. The molecular weight excluding hydrogens is 367 g/mol. The van der Waals surface area contributed by atoms with E-state index >= 15 is 0 Å².